The molecule has 0 aliphatic heterocycles. The second kappa shape index (κ2) is 8.90. The summed E-state index contributed by atoms with van der Waals surface area (Å²) in [5, 5.41) is 10.1. The predicted molar refractivity (Wildman–Crippen MR) is 92.9 cm³/mol. The van der Waals surface area contributed by atoms with E-state index < -0.39 is 0 Å². The fourth-order valence-corrected chi connectivity index (χ4v) is 1.91. The third kappa shape index (κ3) is 6.68. The Hall–Kier alpha value is -2.57. The van der Waals surface area contributed by atoms with Gasteiger partial charge in [-0.3, -0.25) is 9.59 Å². The molecule has 4 N–H and O–H groups in total. The summed E-state index contributed by atoms with van der Waals surface area (Å²) in [6.07, 6.45) is 0. The van der Waals surface area contributed by atoms with Gasteiger partial charge in [0.15, 0.2) is 0 Å². The van der Waals surface area contributed by atoms with Gasteiger partial charge >= 0.3 is 6.03 Å². The van der Waals surface area contributed by atoms with Crippen molar-refractivity contribution in [2.75, 3.05) is 26.7 Å². The number of hydrogen-bond donors (Lipinski definition) is 4. The fourth-order valence-electron chi connectivity index (χ4n) is 1.91. The lowest BCUT2D eigenvalue weighted by Gasteiger charge is -2.19. The van der Waals surface area contributed by atoms with Gasteiger partial charge in [-0.2, -0.15) is 0 Å². The van der Waals surface area contributed by atoms with E-state index in [0.29, 0.717) is 18.7 Å². The highest BCUT2D eigenvalue weighted by atomic mass is 16.2. The average Bonchev–Trinajstić information content (AvgIpc) is 2.55. The lowest BCUT2D eigenvalue weighted by atomic mass is 9.87. The van der Waals surface area contributed by atoms with E-state index in [-0.39, 0.29) is 29.8 Å². The van der Waals surface area contributed by atoms with Crippen molar-refractivity contribution in [3.05, 3.63) is 35.4 Å². The van der Waals surface area contributed by atoms with Gasteiger partial charge in [0, 0.05) is 25.7 Å². The smallest absolute Gasteiger partial charge is 0.314 e. The molecule has 1 aromatic carbocycles. The van der Waals surface area contributed by atoms with Gasteiger partial charge in [-0.05, 0) is 23.1 Å². The van der Waals surface area contributed by atoms with E-state index in [1.807, 2.05) is 12.1 Å². The van der Waals surface area contributed by atoms with Gasteiger partial charge in [-0.15, -0.1) is 0 Å². The number of hydrogen-bond acceptors (Lipinski definition) is 3. The Balaban J connectivity index is 2.35. The fraction of sp³-hybridized carbons (Fsp3) is 0.471. The van der Waals surface area contributed by atoms with Crippen LogP contribution in [0.15, 0.2) is 24.3 Å². The summed E-state index contributed by atoms with van der Waals surface area (Å²) in [6.45, 7) is 6.80. The Labute approximate surface area is 142 Å². The molecule has 0 aliphatic rings. The van der Waals surface area contributed by atoms with Crippen LogP contribution < -0.4 is 21.3 Å². The standard InChI is InChI=1S/C17H26N4O3/c1-17(2,3)13-7-5-12(6-8-13)15(23)21-11-14(22)19-9-10-20-16(24)18-4/h5-8H,9-11H2,1-4H3,(H,19,22)(H,21,23)(H2,18,20,24). The zero-order valence-electron chi connectivity index (χ0n) is 14.7. The number of amides is 4. The molecule has 0 unspecified atom stereocenters. The second-order valence-electron chi connectivity index (χ2n) is 6.37. The SMILES string of the molecule is CNC(=O)NCCNC(=O)CNC(=O)c1ccc(C(C)(C)C)cc1. The maximum atomic E-state index is 12.0. The monoisotopic (exact) mass is 334 g/mol. The summed E-state index contributed by atoms with van der Waals surface area (Å²) in [5.74, 6) is -0.609. The van der Waals surface area contributed by atoms with Gasteiger partial charge in [0.05, 0.1) is 6.54 Å². The van der Waals surface area contributed by atoms with Crippen LogP contribution >= 0.6 is 0 Å². The quantitative estimate of drug-likeness (QED) is 0.578. The molecule has 0 bridgehead atoms. The predicted octanol–water partition coefficient (Wildman–Crippen LogP) is 0.759. The molecule has 0 aliphatic carbocycles. The maximum absolute atomic E-state index is 12.0. The van der Waals surface area contributed by atoms with Crippen LogP contribution in [0.5, 0.6) is 0 Å². The molecule has 1 aromatic rings. The van der Waals surface area contributed by atoms with Gasteiger partial charge in [0.2, 0.25) is 5.91 Å². The van der Waals surface area contributed by atoms with E-state index in [1.165, 1.54) is 7.05 Å². The molecule has 24 heavy (non-hydrogen) atoms. The van der Waals surface area contributed by atoms with Crippen molar-refractivity contribution in [1.82, 2.24) is 21.3 Å². The van der Waals surface area contributed by atoms with Crippen LogP contribution in [0, 0.1) is 0 Å². The minimum absolute atomic E-state index is 0.0254. The first-order chi connectivity index (χ1) is 11.2. The van der Waals surface area contributed by atoms with Crippen molar-refractivity contribution < 1.29 is 14.4 Å². The molecule has 132 valence electrons. The van der Waals surface area contributed by atoms with E-state index >= 15 is 0 Å². The van der Waals surface area contributed by atoms with Crippen LogP contribution in [-0.4, -0.2) is 44.5 Å². The Morgan fingerprint density at radius 1 is 0.917 bits per heavy atom. The van der Waals surface area contributed by atoms with Crippen LogP contribution in [0.25, 0.3) is 0 Å². The summed E-state index contributed by atoms with van der Waals surface area (Å²) in [7, 11) is 1.51. The molecule has 1 rings (SSSR count). The Morgan fingerprint density at radius 3 is 2.04 bits per heavy atom. The van der Waals surface area contributed by atoms with Crippen LogP contribution in [0.4, 0.5) is 4.79 Å². The normalized spacial score (nSPS) is 10.7. The van der Waals surface area contributed by atoms with Crippen LogP contribution in [-0.2, 0) is 10.2 Å². The highest BCUT2D eigenvalue weighted by molar-refractivity contribution is 5.96. The van der Waals surface area contributed by atoms with E-state index in [1.54, 1.807) is 12.1 Å². The van der Waals surface area contributed by atoms with Crippen LogP contribution in [0.1, 0.15) is 36.7 Å². The van der Waals surface area contributed by atoms with Gasteiger partial charge in [0.1, 0.15) is 0 Å². The highest BCUT2D eigenvalue weighted by Gasteiger charge is 2.14. The van der Waals surface area contributed by atoms with Crippen molar-refractivity contribution in [2.45, 2.75) is 26.2 Å². The van der Waals surface area contributed by atoms with Crippen molar-refractivity contribution in [1.29, 1.82) is 0 Å². The molecule has 0 spiro atoms. The molecule has 0 fully saturated rings. The summed E-state index contributed by atoms with van der Waals surface area (Å²) < 4.78 is 0. The molecule has 0 saturated heterocycles. The lowest BCUT2D eigenvalue weighted by Crippen LogP contribution is -2.42. The molecule has 0 heterocycles. The first kappa shape index (κ1) is 19.5. The zero-order valence-corrected chi connectivity index (χ0v) is 14.7. The van der Waals surface area contributed by atoms with Gasteiger partial charge in [-0.1, -0.05) is 32.9 Å². The Morgan fingerprint density at radius 2 is 1.50 bits per heavy atom. The lowest BCUT2D eigenvalue weighted by molar-refractivity contribution is -0.120. The minimum Gasteiger partial charge on any atom is -0.353 e. The molecule has 0 atom stereocenters. The number of benzene rings is 1. The number of rotatable bonds is 6. The number of carbonyl (C=O) groups excluding carboxylic acids is 3. The molecule has 4 amide bonds. The molecular weight excluding hydrogens is 308 g/mol. The van der Waals surface area contributed by atoms with Crippen LogP contribution in [0.3, 0.4) is 0 Å². The first-order valence-corrected chi connectivity index (χ1v) is 7.85. The third-order valence-corrected chi connectivity index (χ3v) is 3.38. The summed E-state index contributed by atoms with van der Waals surface area (Å²) in [5.41, 5.74) is 1.68. The Kier molecular flexibility index (Phi) is 7.23. The largest absolute Gasteiger partial charge is 0.353 e. The van der Waals surface area contributed by atoms with Crippen molar-refractivity contribution in [3.8, 4) is 0 Å². The number of carbonyl (C=O) groups is 3. The Bertz CT molecular complexity index is 576. The second-order valence-corrected chi connectivity index (χ2v) is 6.37. The summed E-state index contributed by atoms with van der Waals surface area (Å²) >= 11 is 0. The molecule has 0 aromatic heterocycles. The van der Waals surface area contributed by atoms with E-state index in [9.17, 15) is 14.4 Å². The minimum atomic E-state index is -0.312. The topological polar surface area (TPSA) is 99.3 Å². The molecular formula is C17H26N4O3. The zero-order chi connectivity index (χ0) is 18.2. The number of nitrogens with one attached hydrogen (secondary N) is 4. The summed E-state index contributed by atoms with van der Waals surface area (Å²) in [4.78, 5) is 34.6. The van der Waals surface area contributed by atoms with Gasteiger partial charge in [-0.25, -0.2) is 4.79 Å². The molecule has 7 heteroatoms. The van der Waals surface area contributed by atoms with Crippen molar-refractivity contribution >= 4 is 17.8 Å². The van der Waals surface area contributed by atoms with Crippen molar-refractivity contribution in [2.24, 2.45) is 0 Å². The highest BCUT2D eigenvalue weighted by Crippen LogP contribution is 2.22. The number of urea groups is 1. The van der Waals surface area contributed by atoms with E-state index in [4.69, 9.17) is 0 Å². The van der Waals surface area contributed by atoms with E-state index in [0.717, 1.165) is 5.56 Å². The van der Waals surface area contributed by atoms with Gasteiger partial charge < -0.3 is 21.3 Å². The third-order valence-electron chi connectivity index (χ3n) is 3.38. The average molecular weight is 334 g/mol. The molecule has 0 radical (unpaired) electrons. The maximum Gasteiger partial charge on any atom is 0.314 e. The van der Waals surface area contributed by atoms with Crippen molar-refractivity contribution in [3.63, 3.8) is 0 Å². The van der Waals surface area contributed by atoms with Gasteiger partial charge in [0.25, 0.3) is 5.91 Å². The molecule has 0 saturated carbocycles. The molecule has 7 nitrogen and oxygen atoms in total. The van der Waals surface area contributed by atoms with E-state index in [2.05, 4.69) is 42.0 Å². The first-order valence-electron chi connectivity index (χ1n) is 7.85. The van der Waals surface area contributed by atoms with Crippen LogP contribution in [0.2, 0.25) is 0 Å². The summed E-state index contributed by atoms with van der Waals surface area (Å²) in [6, 6.07) is 7.03.